The monoisotopic (exact) mass is 410 g/mol. The van der Waals surface area contributed by atoms with Crippen LogP contribution in [0.2, 0.25) is 0 Å². The number of sulfone groups is 1. The van der Waals surface area contributed by atoms with Crippen molar-refractivity contribution in [2.45, 2.75) is 37.3 Å². The highest BCUT2D eigenvalue weighted by molar-refractivity contribution is 7.90. The summed E-state index contributed by atoms with van der Waals surface area (Å²) in [5.41, 5.74) is 8.71. The molecule has 2 aromatic rings. The molecule has 0 radical (unpaired) electrons. The van der Waals surface area contributed by atoms with Gasteiger partial charge in [-0.1, -0.05) is 50.2 Å². The highest BCUT2D eigenvalue weighted by atomic mass is 32.2. The van der Waals surface area contributed by atoms with Gasteiger partial charge in [0.05, 0.1) is 5.75 Å². The lowest BCUT2D eigenvalue weighted by atomic mass is 9.99. The van der Waals surface area contributed by atoms with Crippen LogP contribution in [0, 0.1) is 0 Å². The lowest BCUT2D eigenvalue weighted by Crippen LogP contribution is -2.31. The average Bonchev–Trinajstić information content (AvgIpc) is 2.66. The summed E-state index contributed by atoms with van der Waals surface area (Å²) in [6.45, 7) is 4.42. The van der Waals surface area contributed by atoms with Crippen molar-refractivity contribution in [1.82, 2.24) is 5.32 Å². The van der Waals surface area contributed by atoms with Crippen molar-refractivity contribution in [3.8, 4) is 0 Å². The van der Waals surface area contributed by atoms with Crippen molar-refractivity contribution in [2.75, 3.05) is 6.54 Å². The fraction of sp³-hybridized carbons (Fsp3) is 0.350. The van der Waals surface area contributed by atoms with Crippen molar-refractivity contribution in [3.05, 3.63) is 70.8 Å². The average molecular weight is 410 g/mol. The zero-order valence-electron chi connectivity index (χ0n) is 15.7. The molecule has 8 heteroatoms. The SMILES string of the molecule is CC(C)c1ccc(C(N)CNC(=O)c2ccc(CS(=O)(=O)C(F)F)cc2)cc1. The first-order valence-electron chi connectivity index (χ1n) is 8.82. The summed E-state index contributed by atoms with van der Waals surface area (Å²) < 4.78 is 47.3. The van der Waals surface area contributed by atoms with E-state index in [1.807, 2.05) is 24.3 Å². The third-order valence-electron chi connectivity index (χ3n) is 4.37. The third-order valence-corrected chi connectivity index (χ3v) is 5.65. The van der Waals surface area contributed by atoms with Crippen molar-refractivity contribution in [2.24, 2.45) is 5.73 Å². The summed E-state index contributed by atoms with van der Waals surface area (Å²) in [5, 5.41) is 2.72. The minimum absolute atomic E-state index is 0.193. The molecule has 0 aliphatic heterocycles. The molecule has 0 saturated carbocycles. The van der Waals surface area contributed by atoms with Crippen LogP contribution in [0.25, 0.3) is 0 Å². The van der Waals surface area contributed by atoms with Crippen LogP contribution in [-0.4, -0.2) is 26.6 Å². The number of hydrogen-bond acceptors (Lipinski definition) is 4. The first-order valence-corrected chi connectivity index (χ1v) is 10.5. The Hall–Kier alpha value is -2.32. The summed E-state index contributed by atoms with van der Waals surface area (Å²) in [4.78, 5) is 12.2. The van der Waals surface area contributed by atoms with E-state index in [1.165, 1.54) is 29.8 Å². The highest BCUT2D eigenvalue weighted by Crippen LogP contribution is 2.18. The summed E-state index contributed by atoms with van der Waals surface area (Å²) in [5.74, 6) is -4.16. The van der Waals surface area contributed by atoms with Gasteiger partial charge in [-0.05, 0) is 34.7 Å². The van der Waals surface area contributed by atoms with Crippen molar-refractivity contribution >= 4 is 15.7 Å². The fourth-order valence-corrected chi connectivity index (χ4v) is 3.38. The molecule has 0 bridgehead atoms. The van der Waals surface area contributed by atoms with Crippen LogP contribution in [0.3, 0.4) is 0 Å². The molecular weight excluding hydrogens is 386 g/mol. The van der Waals surface area contributed by atoms with Gasteiger partial charge in [-0.2, -0.15) is 8.78 Å². The maximum Gasteiger partial charge on any atom is 0.337 e. The van der Waals surface area contributed by atoms with Gasteiger partial charge in [0.2, 0.25) is 9.84 Å². The van der Waals surface area contributed by atoms with Crippen LogP contribution in [-0.2, 0) is 15.6 Å². The van der Waals surface area contributed by atoms with E-state index in [0.29, 0.717) is 11.5 Å². The topological polar surface area (TPSA) is 89.3 Å². The highest BCUT2D eigenvalue weighted by Gasteiger charge is 2.24. The number of halogens is 2. The first-order chi connectivity index (χ1) is 13.1. The van der Waals surface area contributed by atoms with Crippen molar-refractivity contribution in [1.29, 1.82) is 0 Å². The first kappa shape index (κ1) is 22.0. The molecule has 0 aliphatic carbocycles. The molecule has 5 nitrogen and oxygen atoms in total. The second-order valence-electron chi connectivity index (χ2n) is 6.90. The van der Waals surface area contributed by atoms with Crippen molar-refractivity contribution in [3.63, 3.8) is 0 Å². The Morgan fingerprint density at radius 1 is 1.00 bits per heavy atom. The molecule has 1 atom stereocenters. The van der Waals surface area contributed by atoms with E-state index in [1.54, 1.807) is 0 Å². The van der Waals surface area contributed by atoms with E-state index in [-0.39, 0.29) is 24.1 Å². The largest absolute Gasteiger partial charge is 0.350 e. The summed E-state index contributed by atoms with van der Waals surface area (Å²) >= 11 is 0. The Balaban J connectivity index is 1.93. The number of hydrogen-bond donors (Lipinski definition) is 2. The standard InChI is InChI=1S/C20H24F2N2O3S/c1-13(2)15-7-9-16(10-8-15)18(23)11-24-19(25)17-5-3-14(4-6-17)12-28(26,27)20(21)22/h3-10,13,18,20H,11-12,23H2,1-2H3,(H,24,25). The van der Waals surface area contributed by atoms with Crippen LogP contribution in [0.15, 0.2) is 48.5 Å². The molecule has 1 unspecified atom stereocenters. The summed E-state index contributed by atoms with van der Waals surface area (Å²) in [6, 6.07) is 13.0. The summed E-state index contributed by atoms with van der Waals surface area (Å²) in [7, 11) is -4.50. The normalized spacial score (nSPS) is 13.0. The predicted octanol–water partition coefficient (Wildman–Crippen LogP) is 3.38. The number of alkyl halides is 2. The second kappa shape index (κ2) is 9.25. The van der Waals surface area contributed by atoms with Crippen LogP contribution in [0.4, 0.5) is 8.78 Å². The van der Waals surface area contributed by atoms with Gasteiger partial charge in [0.15, 0.2) is 0 Å². The Kier molecular flexibility index (Phi) is 7.26. The van der Waals surface area contributed by atoms with Crippen molar-refractivity contribution < 1.29 is 22.0 Å². The van der Waals surface area contributed by atoms with Gasteiger partial charge < -0.3 is 11.1 Å². The quantitative estimate of drug-likeness (QED) is 0.698. The molecule has 1 amide bonds. The Morgan fingerprint density at radius 2 is 1.54 bits per heavy atom. The molecule has 152 valence electrons. The smallest absolute Gasteiger partial charge is 0.337 e. The molecule has 0 aromatic heterocycles. The lowest BCUT2D eigenvalue weighted by molar-refractivity contribution is 0.0951. The van der Waals surface area contributed by atoms with Gasteiger partial charge in [-0.15, -0.1) is 0 Å². The number of nitrogens with one attached hydrogen (secondary N) is 1. The molecular formula is C20H24F2N2O3S. The molecule has 0 aliphatic rings. The number of nitrogens with two attached hydrogens (primary N) is 1. The van der Waals surface area contributed by atoms with E-state index in [0.717, 1.165) is 5.56 Å². The number of carbonyl (C=O) groups excluding carboxylic acids is 1. The van der Waals surface area contributed by atoms with E-state index in [4.69, 9.17) is 5.73 Å². The minimum Gasteiger partial charge on any atom is -0.350 e. The molecule has 2 rings (SSSR count). The number of amides is 1. The summed E-state index contributed by atoms with van der Waals surface area (Å²) in [6.07, 6.45) is 0. The van der Waals surface area contributed by atoms with E-state index < -0.39 is 21.3 Å². The lowest BCUT2D eigenvalue weighted by Gasteiger charge is -2.15. The Labute approximate surface area is 163 Å². The molecule has 0 spiro atoms. The van der Waals surface area contributed by atoms with E-state index in [2.05, 4.69) is 19.2 Å². The molecule has 28 heavy (non-hydrogen) atoms. The zero-order valence-corrected chi connectivity index (χ0v) is 16.5. The van der Waals surface area contributed by atoms with Crippen LogP contribution in [0.5, 0.6) is 0 Å². The maximum absolute atomic E-state index is 12.4. The second-order valence-corrected chi connectivity index (χ2v) is 8.87. The van der Waals surface area contributed by atoms with Gasteiger partial charge in [0.25, 0.3) is 5.91 Å². The third kappa shape index (κ3) is 5.84. The van der Waals surface area contributed by atoms with Gasteiger partial charge in [-0.25, -0.2) is 8.42 Å². The fourth-order valence-electron chi connectivity index (χ4n) is 2.60. The van der Waals surface area contributed by atoms with E-state index in [9.17, 15) is 22.0 Å². The van der Waals surface area contributed by atoms with E-state index >= 15 is 0 Å². The van der Waals surface area contributed by atoms with Gasteiger partial charge in [-0.3, -0.25) is 4.79 Å². The van der Waals surface area contributed by atoms with Gasteiger partial charge in [0.1, 0.15) is 0 Å². The van der Waals surface area contributed by atoms with Crippen LogP contribution >= 0.6 is 0 Å². The number of carbonyl (C=O) groups is 1. The number of rotatable bonds is 8. The zero-order chi connectivity index (χ0) is 20.9. The maximum atomic E-state index is 12.4. The molecule has 0 fully saturated rings. The Morgan fingerprint density at radius 3 is 2.04 bits per heavy atom. The van der Waals surface area contributed by atoms with Gasteiger partial charge in [0, 0.05) is 18.2 Å². The van der Waals surface area contributed by atoms with Gasteiger partial charge >= 0.3 is 5.76 Å². The molecule has 0 heterocycles. The minimum atomic E-state index is -4.50. The Bertz CT molecular complexity index is 896. The number of benzene rings is 2. The molecule has 3 N–H and O–H groups in total. The van der Waals surface area contributed by atoms with Crippen LogP contribution in [0.1, 0.15) is 52.9 Å². The molecule has 0 saturated heterocycles. The molecule has 2 aromatic carbocycles. The predicted molar refractivity (Wildman–Crippen MR) is 105 cm³/mol. The van der Waals surface area contributed by atoms with Crippen LogP contribution < -0.4 is 11.1 Å².